The predicted octanol–water partition coefficient (Wildman–Crippen LogP) is 1.67. The molecule has 0 amide bonds. The molecule has 0 bridgehead atoms. The highest BCUT2D eigenvalue weighted by molar-refractivity contribution is 5.90. The first-order valence-corrected chi connectivity index (χ1v) is 5.41. The number of anilines is 1. The summed E-state index contributed by atoms with van der Waals surface area (Å²) in [6.07, 6.45) is 0. The number of carbonyl (C=O) groups is 1. The van der Waals surface area contributed by atoms with Gasteiger partial charge in [0.05, 0.1) is 31.4 Å². The van der Waals surface area contributed by atoms with Crippen LogP contribution in [0, 0.1) is 0 Å². The number of hydrogen-bond donors (Lipinski definition) is 1. The number of esters is 1. The van der Waals surface area contributed by atoms with Gasteiger partial charge in [-0.25, -0.2) is 4.79 Å². The Hall–Kier alpha value is -1.55. The van der Waals surface area contributed by atoms with Crippen molar-refractivity contribution in [1.29, 1.82) is 0 Å². The lowest BCUT2D eigenvalue weighted by molar-refractivity contribution is 0.0211. The van der Waals surface area contributed by atoms with E-state index in [9.17, 15) is 4.79 Å². The zero-order valence-electron chi connectivity index (χ0n) is 9.23. The standard InChI is InChI=1S/C12H15NO3/c1-2-16-12(14)9-4-3-5-10(6-9)13-11-7-15-8-11/h3-6,11,13H,2,7-8H2,1H3. The van der Waals surface area contributed by atoms with Crippen molar-refractivity contribution in [1.82, 2.24) is 0 Å². The number of nitrogens with one attached hydrogen (secondary N) is 1. The highest BCUT2D eigenvalue weighted by atomic mass is 16.5. The lowest BCUT2D eigenvalue weighted by Gasteiger charge is -2.27. The van der Waals surface area contributed by atoms with E-state index in [1.54, 1.807) is 19.1 Å². The molecule has 2 rings (SSSR count). The Bertz CT molecular complexity index is 374. The summed E-state index contributed by atoms with van der Waals surface area (Å²) < 4.78 is 10.0. The lowest BCUT2D eigenvalue weighted by Crippen LogP contribution is -2.40. The van der Waals surface area contributed by atoms with Gasteiger partial charge in [0.15, 0.2) is 0 Å². The second kappa shape index (κ2) is 4.99. The first-order chi connectivity index (χ1) is 7.79. The van der Waals surface area contributed by atoms with Gasteiger partial charge >= 0.3 is 5.97 Å². The molecular weight excluding hydrogens is 206 g/mol. The number of ether oxygens (including phenoxy) is 2. The van der Waals surface area contributed by atoms with Crippen molar-refractivity contribution in [3.05, 3.63) is 29.8 Å². The zero-order valence-corrected chi connectivity index (χ0v) is 9.23. The first-order valence-electron chi connectivity index (χ1n) is 5.41. The summed E-state index contributed by atoms with van der Waals surface area (Å²) in [7, 11) is 0. The Morgan fingerprint density at radius 2 is 2.38 bits per heavy atom. The minimum absolute atomic E-state index is 0.281. The van der Waals surface area contributed by atoms with Crippen LogP contribution in [-0.4, -0.2) is 31.8 Å². The summed E-state index contributed by atoms with van der Waals surface area (Å²) in [5.74, 6) is -0.281. The van der Waals surface area contributed by atoms with E-state index in [0.29, 0.717) is 18.2 Å². The zero-order chi connectivity index (χ0) is 11.4. The molecule has 0 unspecified atom stereocenters. The minimum atomic E-state index is -0.281. The quantitative estimate of drug-likeness (QED) is 0.786. The van der Waals surface area contributed by atoms with E-state index in [1.165, 1.54) is 0 Å². The van der Waals surface area contributed by atoms with Crippen molar-refractivity contribution in [3.8, 4) is 0 Å². The van der Waals surface area contributed by atoms with Crippen LogP contribution in [0.1, 0.15) is 17.3 Å². The molecule has 0 aliphatic carbocycles. The summed E-state index contributed by atoms with van der Waals surface area (Å²) in [6.45, 7) is 3.64. The lowest BCUT2D eigenvalue weighted by atomic mass is 10.1. The highest BCUT2D eigenvalue weighted by Crippen LogP contribution is 2.15. The highest BCUT2D eigenvalue weighted by Gasteiger charge is 2.18. The molecule has 1 heterocycles. The monoisotopic (exact) mass is 221 g/mol. The summed E-state index contributed by atoms with van der Waals surface area (Å²) in [4.78, 5) is 11.5. The molecule has 0 saturated carbocycles. The summed E-state index contributed by atoms with van der Waals surface area (Å²) >= 11 is 0. The molecule has 0 radical (unpaired) electrons. The summed E-state index contributed by atoms with van der Waals surface area (Å²) in [5.41, 5.74) is 1.51. The van der Waals surface area contributed by atoms with Crippen molar-refractivity contribution in [2.45, 2.75) is 13.0 Å². The Kier molecular flexibility index (Phi) is 3.41. The van der Waals surface area contributed by atoms with E-state index in [1.807, 2.05) is 12.1 Å². The van der Waals surface area contributed by atoms with Gasteiger partial charge in [0.25, 0.3) is 0 Å². The Morgan fingerprint density at radius 3 is 3.00 bits per heavy atom. The van der Waals surface area contributed by atoms with Crippen molar-refractivity contribution in [2.75, 3.05) is 25.1 Å². The Balaban J connectivity index is 2.03. The third kappa shape index (κ3) is 2.52. The van der Waals surface area contributed by atoms with E-state index < -0.39 is 0 Å². The normalized spacial score (nSPS) is 15.3. The molecule has 1 aromatic carbocycles. The molecule has 0 aromatic heterocycles. The molecule has 1 fully saturated rings. The number of benzene rings is 1. The van der Waals surface area contributed by atoms with Gasteiger partial charge in [0, 0.05) is 5.69 Å². The topological polar surface area (TPSA) is 47.6 Å². The fourth-order valence-corrected chi connectivity index (χ4v) is 1.51. The van der Waals surface area contributed by atoms with Crippen LogP contribution in [0.4, 0.5) is 5.69 Å². The van der Waals surface area contributed by atoms with Crippen LogP contribution in [0.2, 0.25) is 0 Å². The van der Waals surface area contributed by atoms with Crippen molar-refractivity contribution >= 4 is 11.7 Å². The van der Waals surface area contributed by atoms with E-state index in [0.717, 1.165) is 18.9 Å². The summed E-state index contributed by atoms with van der Waals surface area (Å²) in [6, 6.07) is 7.68. The Morgan fingerprint density at radius 1 is 1.56 bits per heavy atom. The third-order valence-electron chi connectivity index (χ3n) is 2.38. The summed E-state index contributed by atoms with van der Waals surface area (Å²) in [5, 5.41) is 3.28. The molecule has 1 saturated heterocycles. The van der Waals surface area contributed by atoms with Crippen molar-refractivity contribution in [2.24, 2.45) is 0 Å². The molecule has 4 nitrogen and oxygen atoms in total. The molecule has 1 aliphatic rings. The van der Waals surface area contributed by atoms with Crippen molar-refractivity contribution < 1.29 is 14.3 Å². The number of carbonyl (C=O) groups excluding carboxylic acids is 1. The van der Waals surface area contributed by atoms with Gasteiger partial charge in [0.1, 0.15) is 0 Å². The van der Waals surface area contributed by atoms with Gasteiger partial charge in [-0.1, -0.05) is 6.07 Å². The smallest absolute Gasteiger partial charge is 0.338 e. The van der Waals surface area contributed by atoms with Gasteiger partial charge in [-0.05, 0) is 25.1 Å². The van der Waals surface area contributed by atoms with Crippen LogP contribution < -0.4 is 5.32 Å². The van der Waals surface area contributed by atoms with Gasteiger partial charge in [0.2, 0.25) is 0 Å². The van der Waals surface area contributed by atoms with E-state index in [2.05, 4.69) is 5.32 Å². The SMILES string of the molecule is CCOC(=O)c1cccc(NC2COC2)c1. The molecule has 0 spiro atoms. The van der Waals surface area contributed by atoms with Gasteiger partial charge in [-0.3, -0.25) is 0 Å². The second-order valence-corrected chi connectivity index (χ2v) is 3.68. The van der Waals surface area contributed by atoms with Crippen LogP contribution in [0.15, 0.2) is 24.3 Å². The van der Waals surface area contributed by atoms with E-state index in [-0.39, 0.29) is 5.97 Å². The molecule has 1 N–H and O–H groups in total. The maximum absolute atomic E-state index is 11.5. The Labute approximate surface area is 94.6 Å². The fourth-order valence-electron chi connectivity index (χ4n) is 1.51. The van der Waals surface area contributed by atoms with Crippen LogP contribution in [-0.2, 0) is 9.47 Å². The molecular formula is C12H15NO3. The van der Waals surface area contributed by atoms with Crippen LogP contribution in [0.25, 0.3) is 0 Å². The van der Waals surface area contributed by atoms with E-state index in [4.69, 9.17) is 9.47 Å². The van der Waals surface area contributed by atoms with E-state index >= 15 is 0 Å². The maximum atomic E-state index is 11.5. The largest absolute Gasteiger partial charge is 0.462 e. The number of hydrogen-bond acceptors (Lipinski definition) is 4. The van der Waals surface area contributed by atoms with Gasteiger partial charge in [-0.2, -0.15) is 0 Å². The predicted molar refractivity (Wildman–Crippen MR) is 60.6 cm³/mol. The molecule has 86 valence electrons. The van der Waals surface area contributed by atoms with Crippen molar-refractivity contribution in [3.63, 3.8) is 0 Å². The molecule has 4 heteroatoms. The van der Waals surface area contributed by atoms with Gasteiger partial charge in [-0.15, -0.1) is 0 Å². The molecule has 1 aromatic rings. The molecule has 0 atom stereocenters. The second-order valence-electron chi connectivity index (χ2n) is 3.68. The fraction of sp³-hybridized carbons (Fsp3) is 0.417. The average Bonchev–Trinajstić information content (AvgIpc) is 2.24. The van der Waals surface area contributed by atoms with Crippen LogP contribution >= 0.6 is 0 Å². The maximum Gasteiger partial charge on any atom is 0.338 e. The first kappa shape index (κ1) is 11.0. The molecule has 1 aliphatic heterocycles. The minimum Gasteiger partial charge on any atom is -0.462 e. The van der Waals surface area contributed by atoms with Crippen LogP contribution in [0.5, 0.6) is 0 Å². The van der Waals surface area contributed by atoms with Gasteiger partial charge < -0.3 is 14.8 Å². The molecule has 16 heavy (non-hydrogen) atoms. The van der Waals surface area contributed by atoms with Crippen LogP contribution in [0.3, 0.4) is 0 Å². The third-order valence-corrected chi connectivity index (χ3v) is 2.38. The average molecular weight is 221 g/mol. The number of rotatable bonds is 4.